The number of sulfonamides is 1. The molecule has 1 atom stereocenters. The molecule has 0 N–H and O–H groups in total. The Morgan fingerprint density at radius 1 is 1.19 bits per heavy atom. The fourth-order valence-corrected chi connectivity index (χ4v) is 4.63. The number of ether oxygens (including phenoxy) is 1. The number of hydrogen-bond donors (Lipinski definition) is 0. The lowest BCUT2D eigenvalue weighted by atomic mass is 10.1. The van der Waals surface area contributed by atoms with Crippen molar-refractivity contribution in [1.82, 2.24) is 14.3 Å². The van der Waals surface area contributed by atoms with Crippen LogP contribution in [-0.4, -0.2) is 41.9 Å². The zero-order valence-corrected chi connectivity index (χ0v) is 15.7. The van der Waals surface area contributed by atoms with Crippen LogP contribution in [0.4, 0.5) is 4.39 Å². The Morgan fingerprint density at radius 2 is 1.85 bits per heavy atom. The molecular formula is C18H22FN3O3S. The fourth-order valence-electron chi connectivity index (χ4n) is 3.03. The third-order valence-electron chi connectivity index (χ3n) is 4.23. The highest BCUT2D eigenvalue weighted by molar-refractivity contribution is 7.88. The van der Waals surface area contributed by atoms with Gasteiger partial charge in [-0.15, -0.1) is 0 Å². The molecule has 1 unspecified atom stereocenters. The van der Waals surface area contributed by atoms with E-state index >= 15 is 0 Å². The maximum atomic E-state index is 13.0. The van der Waals surface area contributed by atoms with E-state index in [1.807, 2.05) is 19.9 Å². The van der Waals surface area contributed by atoms with Crippen molar-refractivity contribution >= 4 is 10.0 Å². The van der Waals surface area contributed by atoms with Gasteiger partial charge in [0.1, 0.15) is 11.9 Å². The summed E-state index contributed by atoms with van der Waals surface area (Å²) in [5, 5.41) is 0. The molecule has 1 aliphatic heterocycles. The van der Waals surface area contributed by atoms with E-state index in [2.05, 4.69) is 9.97 Å². The summed E-state index contributed by atoms with van der Waals surface area (Å²) in [4.78, 5) is 8.51. The summed E-state index contributed by atoms with van der Waals surface area (Å²) in [5.41, 5.74) is 2.18. The minimum absolute atomic E-state index is 0.153. The summed E-state index contributed by atoms with van der Waals surface area (Å²) < 4.78 is 45.7. The lowest BCUT2D eigenvalue weighted by Crippen LogP contribution is -2.44. The summed E-state index contributed by atoms with van der Waals surface area (Å²) in [7, 11) is -3.50. The zero-order chi connectivity index (χ0) is 18.7. The molecule has 3 rings (SSSR count). The molecule has 1 aromatic carbocycles. The summed E-state index contributed by atoms with van der Waals surface area (Å²) in [6.45, 7) is 4.45. The van der Waals surface area contributed by atoms with Crippen LogP contribution >= 0.6 is 0 Å². The predicted molar refractivity (Wildman–Crippen MR) is 95.8 cm³/mol. The van der Waals surface area contributed by atoms with Gasteiger partial charge in [0.15, 0.2) is 0 Å². The van der Waals surface area contributed by atoms with Crippen LogP contribution < -0.4 is 4.74 Å². The molecule has 6 nitrogen and oxygen atoms in total. The number of rotatable bonds is 5. The van der Waals surface area contributed by atoms with Gasteiger partial charge in [-0.25, -0.2) is 22.8 Å². The maximum Gasteiger partial charge on any atom is 0.317 e. The van der Waals surface area contributed by atoms with Gasteiger partial charge in [0.2, 0.25) is 10.0 Å². The van der Waals surface area contributed by atoms with Crippen molar-refractivity contribution in [3.63, 3.8) is 0 Å². The molecule has 1 fully saturated rings. The van der Waals surface area contributed by atoms with Crippen molar-refractivity contribution in [2.75, 3.05) is 13.1 Å². The van der Waals surface area contributed by atoms with Gasteiger partial charge >= 0.3 is 6.01 Å². The van der Waals surface area contributed by atoms with Crippen molar-refractivity contribution in [3.05, 3.63) is 53.1 Å². The van der Waals surface area contributed by atoms with E-state index in [1.54, 1.807) is 0 Å². The first-order valence-electron chi connectivity index (χ1n) is 8.53. The number of piperidine rings is 1. The van der Waals surface area contributed by atoms with Gasteiger partial charge in [0, 0.05) is 17.9 Å². The highest BCUT2D eigenvalue weighted by Crippen LogP contribution is 2.21. The molecule has 26 heavy (non-hydrogen) atoms. The van der Waals surface area contributed by atoms with Crippen LogP contribution in [0.1, 0.15) is 29.8 Å². The number of nitrogens with zero attached hydrogens (tertiary/aromatic N) is 3. The quantitative estimate of drug-likeness (QED) is 0.798. The normalized spacial score (nSPS) is 18.7. The molecular weight excluding hydrogens is 357 g/mol. The molecule has 1 aromatic heterocycles. The van der Waals surface area contributed by atoms with Gasteiger partial charge < -0.3 is 4.74 Å². The Bertz CT molecular complexity index is 852. The van der Waals surface area contributed by atoms with Crippen molar-refractivity contribution in [2.24, 2.45) is 0 Å². The molecule has 8 heteroatoms. The SMILES string of the molecule is Cc1cc(C)nc(OC2CCCN(S(=O)(=O)Cc3ccc(F)cc3)C2)n1. The topological polar surface area (TPSA) is 72.4 Å². The molecule has 2 heterocycles. The van der Waals surface area contributed by atoms with Crippen LogP contribution in [0.3, 0.4) is 0 Å². The van der Waals surface area contributed by atoms with Crippen molar-refractivity contribution in [2.45, 2.75) is 38.5 Å². The van der Waals surface area contributed by atoms with Gasteiger partial charge in [-0.3, -0.25) is 0 Å². The van der Waals surface area contributed by atoms with E-state index in [0.717, 1.165) is 17.8 Å². The lowest BCUT2D eigenvalue weighted by molar-refractivity contribution is 0.118. The molecule has 2 aromatic rings. The summed E-state index contributed by atoms with van der Waals surface area (Å²) >= 11 is 0. The third-order valence-corrected chi connectivity index (χ3v) is 6.05. The minimum Gasteiger partial charge on any atom is -0.459 e. The van der Waals surface area contributed by atoms with E-state index in [4.69, 9.17) is 4.74 Å². The minimum atomic E-state index is -3.50. The number of aromatic nitrogens is 2. The largest absolute Gasteiger partial charge is 0.459 e. The summed E-state index contributed by atoms with van der Waals surface area (Å²) in [6.07, 6.45) is 1.17. The van der Waals surface area contributed by atoms with E-state index in [-0.39, 0.29) is 30.2 Å². The maximum absolute atomic E-state index is 13.0. The van der Waals surface area contributed by atoms with Crippen LogP contribution in [0.5, 0.6) is 6.01 Å². The van der Waals surface area contributed by atoms with Crippen molar-refractivity contribution < 1.29 is 17.5 Å². The average molecular weight is 379 g/mol. The van der Waals surface area contributed by atoms with Crippen LogP contribution in [0, 0.1) is 19.7 Å². The molecule has 0 spiro atoms. The number of halogens is 1. The van der Waals surface area contributed by atoms with Gasteiger partial charge in [-0.2, -0.15) is 4.31 Å². The summed E-state index contributed by atoms with van der Waals surface area (Å²) in [6, 6.07) is 7.66. The highest BCUT2D eigenvalue weighted by atomic mass is 32.2. The van der Waals surface area contributed by atoms with E-state index < -0.39 is 10.0 Å². The second kappa shape index (κ2) is 7.67. The van der Waals surface area contributed by atoms with Crippen LogP contribution in [0.15, 0.2) is 30.3 Å². The highest BCUT2D eigenvalue weighted by Gasteiger charge is 2.30. The Kier molecular flexibility index (Phi) is 5.52. The molecule has 0 aliphatic carbocycles. The van der Waals surface area contributed by atoms with Gasteiger partial charge in [-0.05, 0) is 50.5 Å². The van der Waals surface area contributed by atoms with Gasteiger partial charge in [0.25, 0.3) is 0 Å². The first-order valence-corrected chi connectivity index (χ1v) is 10.1. The van der Waals surface area contributed by atoms with Crippen molar-refractivity contribution in [3.8, 4) is 6.01 Å². The zero-order valence-electron chi connectivity index (χ0n) is 14.9. The van der Waals surface area contributed by atoms with E-state index in [0.29, 0.717) is 18.5 Å². The Balaban J connectivity index is 1.67. The first kappa shape index (κ1) is 18.7. The summed E-state index contributed by atoms with van der Waals surface area (Å²) in [5.74, 6) is -0.536. The third kappa shape index (κ3) is 4.76. The molecule has 0 bridgehead atoms. The molecule has 0 radical (unpaired) electrons. The lowest BCUT2D eigenvalue weighted by Gasteiger charge is -2.31. The van der Waals surface area contributed by atoms with E-state index in [1.165, 1.54) is 28.6 Å². The number of hydrogen-bond acceptors (Lipinski definition) is 5. The van der Waals surface area contributed by atoms with Crippen LogP contribution in [0.25, 0.3) is 0 Å². The first-order chi connectivity index (χ1) is 12.3. The smallest absolute Gasteiger partial charge is 0.317 e. The van der Waals surface area contributed by atoms with Crippen LogP contribution in [0.2, 0.25) is 0 Å². The molecule has 140 valence electrons. The second-order valence-corrected chi connectivity index (χ2v) is 8.52. The van der Waals surface area contributed by atoms with Gasteiger partial charge in [0.05, 0.1) is 12.3 Å². The monoisotopic (exact) mass is 379 g/mol. The van der Waals surface area contributed by atoms with Crippen LogP contribution in [-0.2, 0) is 15.8 Å². The Labute approximate surface area is 153 Å². The fraction of sp³-hybridized carbons (Fsp3) is 0.444. The van der Waals surface area contributed by atoms with Gasteiger partial charge in [-0.1, -0.05) is 12.1 Å². The van der Waals surface area contributed by atoms with E-state index in [9.17, 15) is 12.8 Å². The Hall–Kier alpha value is -2.06. The molecule has 0 saturated carbocycles. The standard InChI is InChI=1S/C18H22FN3O3S/c1-13-10-14(2)21-18(20-13)25-17-4-3-9-22(11-17)26(23,24)12-15-5-7-16(19)8-6-15/h5-8,10,17H,3-4,9,11-12H2,1-2H3. The molecule has 1 saturated heterocycles. The average Bonchev–Trinajstić information content (AvgIpc) is 2.56. The molecule has 0 amide bonds. The molecule has 1 aliphatic rings. The predicted octanol–water partition coefficient (Wildman–Crippen LogP) is 2.61. The number of aryl methyl sites for hydroxylation is 2. The Morgan fingerprint density at radius 3 is 2.50 bits per heavy atom. The number of benzene rings is 1. The second-order valence-electron chi connectivity index (χ2n) is 6.56. The van der Waals surface area contributed by atoms with Crippen molar-refractivity contribution in [1.29, 1.82) is 0 Å².